The van der Waals surface area contributed by atoms with Gasteiger partial charge >= 0.3 is 11.9 Å². The van der Waals surface area contributed by atoms with Crippen LogP contribution in [0.3, 0.4) is 0 Å². The Morgan fingerprint density at radius 2 is 1.76 bits per heavy atom. The Balaban J connectivity index is 1.27. The summed E-state index contributed by atoms with van der Waals surface area (Å²) in [5.41, 5.74) is 0.961. The zero-order valence-electron chi connectivity index (χ0n) is 16.5. The summed E-state index contributed by atoms with van der Waals surface area (Å²) in [4.78, 5) is 36.0. The first kappa shape index (κ1) is 20.4. The van der Waals surface area contributed by atoms with Gasteiger partial charge in [-0.15, -0.1) is 0 Å². The number of benzene rings is 1. The first-order valence-corrected chi connectivity index (χ1v) is 10.9. The van der Waals surface area contributed by atoms with Crippen LogP contribution >= 0.6 is 15.9 Å². The summed E-state index contributed by atoms with van der Waals surface area (Å²) in [6, 6.07) is 6.35. The summed E-state index contributed by atoms with van der Waals surface area (Å²) in [7, 11) is 1.31. The molecule has 0 aromatic heterocycles. The SMILES string of the molecule is COC(=O)c1ccc(NC(=O)COC(=O)CC23CC4CC(CC(Br)(C4)C2)C3)cc1. The maximum atomic E-state index is 12.5. The van der Waals surface area contributed by atoms with Gasteiger partial charge < -0.3 is 14.8 Å². The number of carbonyl (C=O) groups excluding carboxylic acids is 3. The molecule has 7 heteroatoms. The molecule has 0 saturated heterocycles. The van der Waals surface area contributed by atoms with Crippen molar-refractivity contribution in [3.05, 3.63) is 29.8 Å². The minimum Gasteiger partial charge on any atom is -0.465 e. The van der Waals surface area contributed by atoms with Crippen LogP contribution in [-0.4, -0.2) is 35.9 Å². The number of methoxy groups -OCH3 is 1. The number of ether oxygens (including phenoxy) is 2. The summed E-state index contributed by atoms with van der Waals surface area (Å²) in [6.07, 6.45) is 7.36. The van der Waals surface area contributed by atoms with E-state index in [9.17, 15) is 14.4 Å². The maximum absolute atomic E-state index is 12.5. The van der Waals surface area contributed by atoms with Gasteiger partial charge in [-0.25, -0.2) is 4.79 Å². The minimum atomic E-state index is -0.438. The molecule has 156 valence electrons. The highest BCUT2D eigenvalue weighted by Gasteiger charge is 2.57. The summed E-state index contributed by atoms with van der Waals surface area (Å²) < 4.78 is 10.1. The smallest absolute Gasteiger partial charge is 0.337 e. The zero-order chi connectivity index (χ0) is 20.6. The van der Waals surface area contributed by atoms with Crippen LogP contribution in [0.4, 0.5) is 5.69 Å². The predicted molar refractivity (Wildman–Crippen MR) is 111 cm³/mol. The summed E-state index contributed by atoms with van der Waals surface area (Å²) in [5.74, 6) is 0.289. The zero-order valence-corrected chi connectivity index (χ0v) is 18.1. The van der Waals surface area contributed by atoms with E-state index in [1.54, 1.807) is 24.3 Å². The number of alkyl halides is 1. The number of carbonyl (C=O) groups is 3. The van der Waals surface area contributed by atoms with Crippen molar-refractivity contribution in [1.82, 2.24) is 0 Å². The molecule has 0 heterocycles. The van der Waals surface area contributed by atoms with E-state index in [0.29, 0.717) is 29.5 Å². The van der Waals surface area contributed by atoms with E-state index in [4.69, 9.17) is 4.74 Å². The Morgan fingerprint density at radius 3 is 2.34 bits per heavy atom. The van der Waals surface area contributed by atoms with Crippen molar-refractivity contribution in [2.24, 2.45) is 17.3 Å². The average Bonchev–Trinajstić information content (AvgIpc) is 2.64. The third kappa shape index (κ3) is 4.49. The number of hydrogen-bond acceptors (Lipinski definition) is 5. The number of nitrogens with one attached hydrogen (secondary N) is 1. The second-order valence-electron chi connectivity index (χ2n) is 9.07. The van der Waals surface area contributed by atoms with Crippen molar-refractivity contribution in [3.63, 3.8) is 0 Å². The fraction of sp³-hybridized carbons (Fsp3) is 0.591. The highest BCUT2D eigenvalue weighted by atomic mass is 79.9. The van der Waals surface area contributed by atoms with Crippen LogP contribution in [0.15, 0.2) is 24.3 Å². The summed E-state index contributed by atoms with van der Waals surface area (Å²) in [6.45, 7) is -0.306. The molecule has 29 heavy (non-hydrogen) atoms. The highest BCUT2D eigenvalue weighted by molar-refractivity contribution is 9.10. The molecule has 5 rings (SSSR count). The van der Waals surface area contributed by atoms with E-state index in [0.717, 1.165) is 19.3 Å². The molecule has 1 aromatic carbocycles. The lowest BCUT2D eigenvalue weighted by molar-refractivity contribution is -0.153. The van der Waals surface area contributed by atoms with Gasteiger partial charge in [-0.2, -0.15) is 0 Å². The van der Waals surface area contributed by atoms with Gasteiger partial charge in [-0.3, -0.25) is 9.59 Å². The van der Waals surface area contributed by atoms with Crippen LogP contribution in [0.25, 0.3) is 0 Å². The molecular weight excluding hydrogens is 438 g/mol. The van der Waals surface area contributed by atoms with Crippen LogP contribution < -0.4 is 5.32 Å². The Morgan fingerprint density at radius 1 is 1.10 bits per heavy atom. The Kier molecular flexibility index (Phi) is 5.44. The number of halogens is 1. The molecule has 1 aromatic rings. The Hall–Kier alpha value is -1.89. The third-order valence-electron chi connectivity index (χ3n) is 6.58. The average molecular weight is 464 g/mol. The van der Waals surface area contributed by atoms with Crippen LogP contribution in [0.1, 0.15) is 55.3 Å². The van der Waals surface area contributed by atoms with E-state index >= 15 is 0 Å². The standard InChI is InChI=1S/C22H26BrNO5/c1-28-20(27)16-2-4-17(5-3-16)24-18(25)12-29-19(26)11-21-7-14-6-15(8-21)10-22(23,9-14)13-21/h2-5,14-15H,6-13H2,1H3,(H,24,25). The predicted octanol–water partition coefficient (Wildman–Crippen LogP) is 4.08. The fourth-order valence-electron chi connectivity index (χ4n) is 6.05. The lowest BCUT2D eigenvalue weighted by Crippen LogP contribution is -2.53. The number of amides is 1. The number of rotatable bonds is 6. The molecule has 4 aliphatic rings. The molecule has 2 unspecified atom stereocenters. The molecular formula is C22H26BrNO5. The second-order valence-corrected chi connectivity index (χ2v) is 10.7. The topological polar surface area (TPSA) is 81.7 Å². The molecule has 1 amide bonds. The van der Waals surface area contributed by atoms with E-state index < -0.39 is 11.9 Å². The Labute approximate surface area is 178 Å². The van der Waals surface area contributed by atoms with Crippen molar-refractivity contribution in [3.8, 4) is 0 Å². The lowest BCUT2D eigenvalue weighted by atomic mass is 9.49. The molecule has 0 radical (unpaired) electrons. The molecule has 4 aliphatic carbocycles. The molecule has 0 spiro atoms. The quantitative estimate of drug-likeness (QED) is 0.507. The number of hydrogen-bond donors (Lipinski definition) is 1. The fourth-order valence-corrected chi connectivity index (χ4v) is 7.56. The van der Waals surface area contributed by atoms with Gasteiger partial charge in [0.2, 0.25) is 0 Å². The van der Waals surface area contributed by atoms with Gasteiger partial charge in [0.1, 0.15) is 0 Å². The van der Waals surface area contributed by atoms with Crippen LogP contribution in [0.2, 0.25) is 0 Å². The van der Waals surface area contributed by atoms with Crippen molar-refractivity contribution >= 4 is 39.5 Å². The van der Waals surface area contributed by atoms with Crippen LogP contribution in [0, 0.1) is 17.3 Å². The van der Waals surface area contributed by atoms with E-state index in [-0.39, 0.29) is 22.3 Å². The lowest BCUT2D eigenvalue weighted by Gasteiger charge is -2.60. The van der Waals surface area contributed by atoms with E-state index in [1.807, 2.05) is 0 Å². The molecule has 4 fully saturated rings. The first-order chi connectivity index (χ1) is 13.8. The van der Waals surface area contributed by atoms with E-state index in [1.165, 1.54) is 26.4 Å². The highest BCUT2D eigenvalue weighted by Crippen LogP contribution is 2.65. The molecule has 0 aliphatic heterocycles. The molecule has 2 atom stereocenters. The van der Waals surface area contributed by atoms with Gasteiger partial charge in [-0.1, -0.05) is 15.9 Å². The van der Waals surface area contributed by atoms with Gasteiger partial charge in [-0.05, 0) is 80.0 Å². The summed E-state index contributed by atoms with van der Waals surface area (Å²) in [5, 5.41) is 2.67. The van der Waals surface area contributed by atoms with Crippen molar-refractivity contribution in [2.45, 2.75) is 49.3 Å². The van der Waals surface area contributed by atoms with Crippen molar-refractivity contribution < 1.29 is 23.9 Å². The van der Waals surface area contributed by atoms with Crippen molar-refractivity contribution in [2.75, 3.05) is 19.0 Å². The molecule has 1 N–H and O–H groups in total. The van der Waals surface area contributed by atoms with Crippen LogP contribution in [0.5, 0.6) is 0 Å². The Bertz CT molecular complexity index is 807. The van der Waals surface area contributed by atoms with Gasteiger partial charge in [0.25, 0.3) is 5.91 Å². The summed E-state index contributed by atoms with van der Waals surface area (Å²) >= 11 is 3.96. The van der Waals surface area contributed by atoms with Gasteiger partial charge in [0.15, 0.2) is 6.61 Å². The number of anilines is 1. The number of esters is 2. The third-order valence-corrected chi connectivity index (χ3v) is 7.51. The minimum absolute atomic E-state index is 0.0326. The van der Waals surface area contributed by atoms with Crippen molar-refractivity contribution in [1.29, 1.82) is 0 Å². The largest absolute Gasteiger partial charge is 0.465 e. The second kappa shape index (κ2) is 7.74. The van der Waals surface area contributed by atoms with Gasteiger partial charge in [0, 0.05) is 10.0 Å². The first-order valence-electron chi connectivity index (χ1n) is 10.1. The molecule has 4 bridgehead atoms. The monoisotopic (exact) mass is 463 g/mol. The van der Waals surface area contributed by atoms with Gasteiger partial charge in [0.05, 0.1) is 19.1 Å². The maximum Gasteiger partial charge on any atom is 0.337 e. The molecule has 4 saturated carbocycles. The molecule has 6 nitrogen and oxygen atoms in total. The normalized spacial score (nSPS) is 31.9. The van der Waals surface area contributed by atoms with Crippen LogP contribution in [-0.2, 0) is 19.1 Å². The van der Waals surface area contributed by atoms with E-state index in [2.05, 4.69) is 26.0 Å².